The summed E-state index contributed by atoms with van der Waals surface area (Å²) in [5.74, 6) is 0. The normalized spacial score (nSPS) is 16.8. The molecule has 0 radical (unpaired) electrons. The van der Waals surface area contributed by atoms with Gasteiger partial charge >= 0.3 is 0 Å². The van der Waals surface area contributed by atoms with Gasteiger partial charge in [-0.15, -0.1) is 0 Å². The molecule has 0 aromatic heterocycles. The Morgan fingerprint density at radius 1 is 1.24 bits per heavy atom. The molecule has 1 aliphatic rings. The van der Waals surface area contributed by atoms with E-state index in [0.29, 0.717) is 19.3 Å². The summed E-state index contributed by atoms with van der Waals surface area (Å²) in [6.07, 6.45) is 7.38. The second-order valence-corrected chi connectivity index (χ2v) is 4.83. The van der Waals surface area contributed by atoms with Crippen LogP contribution in [0.2, 0.25) is 0 Å². The van der Waals surface area contributed by atoms with Crippen molar-refractivity contribution < 1.29 is 9.84 Å². The van der Waals surface area contributed by atoms with Crippen LogP contribution < -0.4 is 10.6 Å². The SMILES string of the molecule is OCCOCCCNC(=S)NC1CCCCC1. The highest BCUT2D eigenvalue weighted by Crippen LogP contribution is 2.17. The van der Waals surface area contributed by atoms with Crippen molar-refractivity contribution in [2.45, 2.75) is 44.6 Å². The van der Waals surface area contributed by atoms with E-state index in [4.69, 9.17) is 22.1 Å². The predicted molar refractivity (Wildman–Crippen MR) is 73.1 cm³/mol. The number of aliphatic hydroxyl groups excluding tert-OH is 1. The minimum Gasteiger partial charge on any atom is -0.394 e. The average Bonchev–Trinajstić information content (AvgIpc) is 2.35. The molecule has 5 heteroatoms. The van der Waals surface area contributed by atoms with Crippen molar-refractivity contribution in [1.29, 1.82) is 0 Å². The van der Waals surface area contributed by atoms with Crippen LogP contribution in [-0.2, 0) is 4.74 Å². The zero-order valence-corrected chi connectivity index (χ0v) is 11.2. The van der Waals surface area contributed by atoms with Crippen molar-refractivity contribution in [3.05, 3.63) is 0 Å². The maximum Gasteiger partial charge on any atom is 0.166 e. The lowest BCUT2D eigenvalue weighted by atomic mass is 9.96. The third-order valence-corrected chi connectivity index (χ3v) is 3.19. The molecule has 0 atom stereocenters. The number of aliphatic hydroxyl groups is 1. The van der Waals surface area contributed by atoms with Crippen LogP contribution in [-0.4, -0.2) is 42.6 Å². The van der Waals surface area contributed by atoms with E-state index in [1.165, 1.54) is 32.1 Å². The minimum atomic E-state index is 0.0923. The average molecular weight is 260 g/mol. The molecule has 17 heavy (non-hydrogen) atoms. The van der Waals surface area contributed by atoms with Crippen LogP contribution >= 0.6 is 12.2 Å². The predicted octanol–water partition coefficient (Wildman–Crippen LogP) is 1.18. The molecule has 0 aromatic carbocycles. The summed E-state index contributed by atoms with van der Waals surface area (Å²) in [5, 5.41) is 15.8. The van der Waals surface area contributed by atoms with Crippen LogP contribution in [0, 0.1) is 0 Å². The highest BCUT2D eigenvalue weighted by molar-refractivity contribution is 7.80. The van der Waals surface area contributed by atoms with Crippen LogP contribution in [0.3, 0.4) is 0 Å². The number of ether oxygens (including phenoxy) is 1. The monoisotopic (exact) mass is 260 g/mol. The van der Waals surface area contributed by atoms with E-state index in [0.717, 1.165) is 18.1 Å². The molecule has 1 rings (SSSR count). The molecular formula is C12H24N2O2S. The van der Waals surface area contributed by atoms with Gasteiger partial charge in [-0.2, -0.15) is 0 Å². The standard InChI is InChI=1S/C12H24N2O2S/c15-8-10-16-9-4-7-13-12(17)14-11-5-2-1-3-6-11/h11,15H,1-10H2,(H2,13,14,17). The van der Waals surface area contributed by atoms with Gasteiger partial charge in [0.25, 0.3) is 0 Å². The Morgan fingerprint density at radius 3 is 2.71 bits per heavy atom. The second kappa shape index (κ2) is 9.62. The van der Waals surface area contributed by atoms with E-state index in [1.807, 2.05) is 0 Å². The van der Waals surface area contributed by atoms with Gasteiger partial charge in [-0.25, -0.2) is 0 Å². The maximum atomic E-state index is 8.52. The Hall–Kier alpha value is -0.390. The van der Waals surface area contributed by atoms with E-state index < -0.39 is 0 Å². The molecule has 1 saturated carbocycles. The Bertz CT molecular complexity index is 209. The number of nitrogens with one attached hydrogen (secondary N) is 2. The summed E-state index contributed by atoms with van der Waals surface area (Å²) in [7, 11) is 0. The lowest BCUT2D eigenvalue weighted by molar-refractivity contribution is 0.0912. The first-order valence-corrected chi connectivity index (χ1v) is 6.96. The smallest absolute Gasteiger partial charge is 0.166 e. The van der Waals surface area contributed by atoms with Crippen molar-refractivity contribution in [2.24, 2.45) is 0 Å². The summed E-state index contributed by atoms with van der Waals surface area (Å²) < 4.78 is 5.16. The van der Waals surface area contributed by atoms with E-state index in [2.05, 4.69) is 10.6 Å². The van der Waals surface area contributed by atoms with Crippen LogP contribution in [0.5, 0.6) is 0 Å². The third-order valence-electron chi connectivity index (χ3n) is 2.93. The highest BCUT2D eigenvalue weighted by atomic mass is 32.1. The van der Waals surface area contributed by atoms with E-state index in [-0.39, 0.29) is 6.61 Å². The van der Waals surface area contributed by atoms with Crippen LogP contribution in [0.15, 0.2) is 0 Å². The molecule has 0 unspecified atom stereocenters. The van der Waals surface area contributed by atoms with E-state index in [9.17, 15) is 0 Å². The third kappa shape index (κ3) is 7.52. The number of hydrogen-bond acceptors (Lipinski definition) is 3. The first kappa shape index (κ1) is 14.7. The molecule has 0 aliphatic heterocycles. The van der Waals surface area contributed by atoms with E-state index in [1.54, 1.807) is 0 Å². The largest absolute Gasteiger partial charge is 0.394 e. The van der Waals surface area contributed by atoms with Gasteiger partial charge in [-0.3, -0.25) is 0 Å². The molecule has 4 nitrogen and oxygen atoms in total. The zero-order valence-electron chi connectivity index (χ0n) is 10.4. The van der Waals surface area contributed by atoms with Gasteiger partial charge in [0.2, 0.25) is 0 Å². The lowest BCUT2D eigenvalue weighted by Gasteiger charge is -2.24. The summed E-state index contributed by atoms with van der Waals surface area (Å²) in [4.78, 5) is 0. The second-order valence-electron chi connectivity index (χ2n) is 4.42. The van der Waals surface area contributed by atoms with Gasteiger partial charge in [0.15, 0.2) is 5.11 Å². The van der Waals surface area contributed by atoms with Crippen LogP contribution in [0.25, 0.3) is 0 Å². The minimum absolute atomic E-state index is 0.0923. The first-order valence-electron chi connectivity index (χ1n) is 6.56. The van der Waals surface area contributed by atoms with Crippen LogP contribution in [0.4, 0.5) is 0 Å². The van der Waals surface area contributed by atoms with Gasteiger partial charge < -0.3 is 20.5 Å². The molecule has 1 fully saturated rings. The molecule has 1 aliphatic carbocycles. The molecular weight excluding hydrogens is 236 g/mol. The fraction of sp³-hybridized carbons (Fsp3) is 0.917. The fourth-order valence-electron chi connectivity index (χ4n) is 2.03. The molecule has 0 spiro atoms. The summed E-state index contributed by atoms with van der Waals surface area (Å²) in [6, 6.07) is 0.564. The molecule has 100 valence electrons. The maximum absolute atomic E-state index is 8.52. The van der Waals surface area contributed by atoms with Crippen molar-refractivity contribution in [1.82, 2.24) is 10.6 Å². The highest BCUT2D eigenvalue weighted by Gasteiger charge is 2.13. The zero-order chi connectivity index (χ0) is 12.3. The summed E-state index contributed by atoms with van der Waals surface area (Å²) in [5.41, 5.74) is 0. The van der Waals surface area contributed by atoms with Gasteiger partial charge in [0, 0.05) is 19.2 Å². The molecule has 0 amide bonds. The van der Waals surface area contributed by atoms with Crippen LogP contribution in [0.1, 0.15) is 38.5 Å². The molecule has 3 N–H and O–H groups in total. The Labute approximate surface area is 109 Å². The Balaban J connectivity index is 1.93. The van der Waals surface area contributed by atoms with Gasteiger partial charge in [0.05, 0.1) is 13.2 Å². The Kier molecular flexibility index (Phi) is 8.30. The molecule has 0 saturated heterocycles. The van der Waals surface area contributed by atoms with Crippen molar-refractivity contribution in [3.63, 3.8) is 0 Å². The molecule has 0 aromatic rings. The van der Waals surface area contributed by atoms with Gasteiger partial charge in [-0.1, -0.05) is 19.3 Å². The molecule has 0 bridgehead atoms. The molecule has 0 heterocycles. The topological polar surface area (TPSA) is 53.5 Å². The van der Waals surface area contributed by atoms with E-state index >= 15 is 0 Å². The lowest BCUT2D eigenvalue weighted by Crippen LogP contribution is -2.43. The first-order chi connectivity index (χ1) is 8.33. The number of rotatable bonds is 7. The summed E-state index contributed by atoms with van der Waals surface area (Å²) >= 11 is 5.23. The van der Waals surface area contributed by atoms with Crippen molar-refractivity contribution in [2.75, 3.05) is 26.4 Å². The van der Waals surface area contributed by atoms with Gasteiger partial charge in [0.1, 0.15) is 0 Å². The summed E-state index contributed by atoms with van der Waals surface area (Å²) in [6.45, 7) is 2.00. The number of hydrogen-bond donors (Lipinski definition) is 3. The Morgan fingerprint density at radius 2 is 2.00 bits per heavy atom. The fourth-order valence-corrected chi connectivity index (χ4v) is 2.29. The van der Waals surface area contributed by atoms with Gasteiger partial charge in [-0.05, 0) is 31.5 Å². The van der Waals surface area contributed by atoms with Crippen molar-refractivity contribution in [3.8, 4) is 0 Å². The number of thiocarbonyl (C=S) groups is 1. The quantitative estimate of drug-likeness (QED) is 0.474. The van der Waals surface area contributed by atoms with Crippen molar-refractivity contribution >= 4 is 17.3 Å².